The van der Waals surface area contributed by atoms with Gasteiger partial charge in [-0.15, -0.1) is 0 Å². The first-order valence-electron chi connectivity index (χ1n) is 5.81. The number of carbonyl (C=O) groups excluding carboxylic acids is 1. The molecule has 0 bridgehead atoms. The van der Waals surface area contributed by atoms with Gasteiger partial charge >= 0.3 is 5.97 Å². The van der Waals surface area contributed by atoms with Gasteiger partial charge in [-0.25, -0.2) is 5.01 Å². The molecule has 1 atom stereocenters. The molecule has 1 unspecified atom stereocenters. The largest absolute Gasteiger partial charge is 0.459 e. The van der Waals surface area contributed by atoms with Gasteiger partial charge in [-0.05, 0) is 27.7 Å². The molecule has 0 spiro atoms. The molecule has 1 N–H and O–H groups in total. The maximum atomic E-state index is 11.9. The van der Waals surface area contributed by atoms with Crippen LogP contribution >= 0.6 is 0 Å². The van der Waals surface area contributed by atoms with E-state index >= 15 is 0 Å². The molecule has 1 saturated heterocycles. The Morgan fingerprint density at radius 1 is 1.56 bits per heavy atom. The normalized spacial score (nSPS) is 23.1. The van der Waals surface area contributed by atoms with Gasteiger partial charge in [0.05, 0.1) is 0 Å². The fourth-order valence-corrected chi connectivity index (χ4v) is 1.62. The quantitative estimate of drug-likeness (QED) is 0.698. The van der Waals surface area contributed by atoms with Crippen molar-refractivity contribution in [3.8, 4) is 0 Å². The van der Waals surface area contributed by atoms with Crippen LogP contribution in [0.3, 0.4) is 0 Å². The van der Waals surface area contributed by atoms with Gasteiger partial charge < -0.3 is 10.1 Å². The number of nitrogens with zero attached hydrogens (tertiary/aromatic N) is 2. The van der Waals surface area contributed by atoms with Gasteiger partial charge in [0.1, 0.15) is 11.6 Å². The highest BCUT2D eigenvalue weighted by Gasteiger charge is 2.32. The molecule has 0 aromatic heterocycles. The molecule has 1 radical (unpaired) electrons. The number of hydrogen-bond acceptors (Lipinski definition) is 4. The Labute approximate surface area is 97.5 Å². The lowest BCUT2D eigenvalue weighted by Crippen LogP contribution is -2.58. The van der Waals surface area contributed by atoms with Crippen LogP contribution in [0.25, 0.3) is 0 Å². The number of rotatable bonds is 3. The molecule has 5 heteroatoms. The van der Waals surface area contributed by atoms with E-state index < -0.39 is 5.60 Å². The Kier molecular flexibility index (Phi) is 4.70. The van der Waals surface area contributed by atoms with Crippen molar-refractivity contribution >= 4 is 5.97 Å². The molecule has 0 saturated carbocycles. The lowest BCUT2D eigenvalue weighted by atomic mass is 10.1. The second kappa shape index (κ2) is 5.61. The van der Waals surface area contributed by atoms with E-state index in [1.165, 1.54) is 0 Å². The summed E-state index contributed by atoms with van der Waals surface area (Å²) in [6.45, 7) is 10.5. The zero-order valence-corrected chi connectivity index (χ0v) is 10.6. The second-order valence-corrected chi connectivity index (χ2v) is 4.87. The van der Waals surface area contributed by atoms with Crippen LogP contribution < -0.4 is 10.7 Å². The molecular weight excluding hydrogens is 206 g/mol. The number of esters is 1. The SMILES string of the molecule is CC[N]N1CCNCC1C(=O)OC(C)(C)C. The van der Waals surface area contributed by atoms with E-state index in [1.54, 1.807) is 0 Å². The molecular formula is C11H22N3O2. The summed E-state index contributed by atoms with van der Waals surface area (Å²) in [5, 5.41) is 5.03. The zero-order valence-electron chi connectivity index (χ0n) is 10.6. The molecule has 0 aliphatic carbocycles. The predicted octanol–water partition coefficient (Wildman–Crippen LogP) is 0.141. The summed E-state index contributed by atoms with van der Waals surface area (Å²) in [6.07, 6.45) is 0. The Bertz CT molecular complexity index is 236. The highest BCUT2D eigenvalue weighted by Crippen LogP contribution is 2.11. The van der Waals surface area contributed by atoms with Crippen LogP contribution in [0.4, 0.5) is 0 Å². The van der Waals surface area contributed by atoms with Crippen molar-refractivity contribution in [1.29, 1.82) is 0 Å². The van der Waals surface area contributed by atoms with Crippen molar-refractivity contribution in [3.05, 3.63) is 0 Å². The second-order valence-electron chi connectivity index (χ2n) is 4.87. The fraction of sp³-hybridized carbons (Fsp3) is 0.909. The molecule has 0 aromatic carbocycles. The van der Waals surface area contributed by atoms with Gasteiger partial charge in [-0.2, -0.15) is 5.43 Å². The molecule has 5 nitrogen and oxygen atoms in total. The van der Waals surface area contributed by atoms with Crippen molar-refractivity contribution in [3.63, 3.8) is 0 Å². The van der Waals surface area contributed by atoms with E-state index in [1.807, 2.05) is 32.7 Å². The van der Waals surface area contributed by atoms with Gasteiger partial charge in [0, 0.05) is 26.2 Å². The summed E-state index contributed by atoms with van der Waals surface area (Å²) in [5.41, 5.74) is 3.87. The number of ether oxygens (including phenoxy) is 1. The van der Waals surface area contributed by atoms with E-state index in [0.717, 1.165) is 13.1 Å². The van der Waals surface area contributed by atoms with Crippen LogP contribution in [0, 0.1) is 0 Å². The molecule has 1 rings (SSSR count). The monoisotopic (exact) mass is 228 g/mol. The van der Waals surface area contributed by atoms with E-state index in [9.17, 15) is 4.79 Å². The van der Waals surface area contributed by atoms with Gasteiger partial charge in [-0.1, -0.05) is 0 Å². The average Bonchev–Trinajstić information content (AvgIpc) is 2.16. The Morgan fingerprint density at radius 2 is 2.25 bits per heavy atom. The van der Waals surface area contributed by atoms with Gasteiger partial charge in [0.2, 0.25) is 0 Å². The summed E-state index contributed by atoms with van der Waals surface area (Å²) in [4.78, 5) is 11.9. The standard InChI is InChI=1S/C11H22N3O2/c1-5-13-14-7-6-12-8-9(14)10(15)16-11(2,3)4/h9,12H,5-8H2,1-4H3. The van der Waals surface area contributed by atoms with Gasteiger partial charge in [-0.3, -0.25) is 4.79 Å². The zero-order chi connectivity index (χ0) is 12.2. The molecule has 16 heavy (non-hydrogen) atoms. The van der Waals surface area contributed by atoms with Crippen LogP contribution in [-0.2, 0) is 9.53 Å². The Balaban J connectivity index is 2.57. The van der Waals surface area contributed by atoms with E-state index in [4.69, 9.17) is 4.74 Å². The maximum Gasteiger partial charge on any atom is 0.326 e. The van der Waals surface area contributed by atoms with E-state index in [-0.39, 0.29) is 12.0 Å². The molecule has 1 aliphatic heterocycles. The van der Waals surface area contributed by atoms with Crippen LogP contribution in [0.5, 0.6) is 0 Å². The van der Waals surface area contributed by atoms with E-state index in [2.05, 4.69) is 10.7 Å². The molecule has 0 aromatic rings. The summed E-state index contributed by atoms with van der Waals surface area (Å²) in [6, 6.07) is -0.284. The predicted molar refractivity (Wildman–Crippen MR) is 61.9 cm³/mol. The van der Waals surface area contributed by atoms with Crippen LogP contribution in [0.1, 0.15) is 27.7 Å². The third kappa shape index (κ3) is 4.08. The maximum absolute atomic E-state index is 11.9. The third-order valence-electron chi connectivity index (χ3n) is 2.22. The lowest BCUT2D eigenvalue weighted by molar-refractivity contribution is -0.163. The fourth-order valence-electron chi connectivity index (χ4n) is 1.62. The summed E-state index contributed by atoms with van der Waals surface area (Å²) in [5.74, 6) is -0.197. The number of carbonyl (C=O) groups is 1. The molecule has 1 fully saturated rings. The lowest BCUT2D eigenvalue weighted by Gasteiger charge is -2.34. The van der Waals surface area contributed by atoms with Crippen molar-refractivity contribution in [2.45, 2.75) is 39.3 Å². The van der Waals surface area contributed by atoms with Gasteiger partial charge in [0.15, 0.2) is 0 Å². The first-order chi connectivity index (χ1) is 7.44. The van der Waals surface area contributed by atoms with Crippen molar-refractivity contribution in [1.82, 2.24) is 15.8 Å². The smallest absolute Gasteiger partial charge is 0.326 e. The highest BCUT2D eigenvalue weighted by molar-refractivity contribution is 5.76. The molecule has 93 valence electrons. The minimum atomic E-state index is -0.438. The van der Waals surface area contributed by atoms with Crippen molar-refractivity contribution in [2.24, 2.45) is 0 Å². The van der Waals surface area contributed by atoms with Gasteiger partial charge in [0.25, 0.3) is 0 Å². The topological polar surface area (TPSA) is 55.7 Å². The van der Waals surface area contributed by atoms with Crippen molar-refractivity contribution < 1.29 is 9.53 Å². The Morgan fingerprint density at radius 3 is 2.81 bits per heavy atom. The molecule has 0 amide bonds. The summed E-state index contributed by atoms with van der Waals surface area (Å²) in [7, 11) is 0. The van der Waals surface area contributed by atoms with Crippen LogP contribution in [0.2, 0.25) is 0 Å². The number of nitrogens with one attached hydrogen (secondary N) is 1. The van der Waals surface area contributed by atoms with Crippen LogP contribution in [-0.4, -0.2) is 48.8 Å². The number of hydrogen-bond donors (Lipinski definition) is 1. The van der Waals surface area contributed by atoms with E-state index in [0.29, 0.717) is 13.1 Å². The Hall–Kier alpha value is -0.650. The molecule has 1 aliphatic rings. The molecule has 1 heterocycles. The third-order valence-corrected chi connectivity index (χ3v) is 2.22. The average molecular weight is 228 g/mol. The summed E-state index contributed by atoms with van der Waals surface area (Å²) < 4.78 is 5.37. The summed E-state index contributed by atoms with van der Waals surface area (Å²) >= 11 is 0. The minimum Gasteiger partial charge on any atom is -0.459 e. The van der Waals surface area contributed by atoms with Crippen molar-refractivity contribution in [2.75, 3.05) is 26.2 Å². The first kappa shape index (κ1) is 13.4. The van der Waals surface area contributed by atoms with Crippen LogP contribution in [0.15, 0.2) is 0 Å². The number of piperazine rings is 1. The first-order valence-corrected chi connectivity index (χ1v) is 5.81. The minimum absolute atomic E-state index is 0.197. The highest BCUT2D eigenvalue weighted by atomic mass is 16.6.